The number of amides is 1. The first kappa shape index (κ1) is 15.0. The molecule has 0 radical (unpaired) electrons. The Balaban J connectivity index is 2.08. The van der Waals surface area contributed by atoms with Crippen LogP contribution in [-0.4, -0.2) is 28.9 Å². The van der Waals surface area contributed by atoms with E-state index in [1.165, 1.54) is 6.42 Å². The average molecular weight is 290 g/mol. The summed E-state index contributed by atoms with van der Waals surface area (Å²) in [6, 6.07) is 9.93. The molecular formula is C16H22N2OS. The molecule has 2 rings (SSSR count). The number of rotatable bonds is 4. The van der Waals surface area contributed by atoms with E-state index in [1.54, 1.807) is 0 Å². The molecular weight excluding hydrogens is 268 g/mol. The smallest absolute Gasteiger partial charge is 0.232 e. The molecule has 0 saturated carbocycles. The van der Waals surface area contributed by atoms with E-state index in [0.717, 1.165) is 25.1 Å². The fourth-order valence-corrected chi connectivity index (χ4v) is 2.95. The molecule has 1 fully saturated rings. The Labute approximate surface area is 126 Å². The monoisotopic (exact) mass is 290 g/mol. The summed E-state index contributed by atoms with van der Waals surface area (Å²) in [6.45, 7) is 3.84. The third-order valence-corrected chi connectivity index (χ3v) is 4.18. The van der Waals surface area contributed by atoms with Crippen LogP contribution in [0.2, 0.25) is 0 Å². The van der Waals surface area contributed by atoms with E-state index in [-0.39, 0.29) is 11.8 Å². The van der Waals surface area contributed by atoms with Gasteiger partial charge in [0.1, 0.15) is 0 Å². The Morgan fingerprint density at radius 1 is 1.45 bits per heavy atom. The minimum absolute atomic E-state index is 0.0907. The molecule has 1 aromatic carbocycles. The summed E-state index contributed by atoms with van der Waals surface area (Å²) in [4.78, 5) is 14.9. The highest BCUT2D eigenvalue weighted by Crippen LogP contribution is 2.19. The van der Waals surface area contributed by atoms with Crippen molar-refractivity contribution in [3.8, 4) is 0 Å². The van der Waals surface area contributed by atoms with Crippen LogP contribution >= 0.6 is 12.2 Å². The number of hydrogen-bond donors (Lipinski definition) is 1. The molecule has 2 atom stereocenters. The summed E-state index contributed by atoms with van der Waals surface area (Å²) in [6.07, 6.45) is 2.86. The lowest BCUT2D eigenvalue weighted by Gasteiger charge is -2.33. The van der Waals surface area contributed by atoms with Crippen LogP contribution in [-0.2, 0) is 11.2 Å². The van der Waals surface area contributed by atoms with Crippen LogP contribution in [0.1, 0.15) is 25.3 Å². The van der Waals surface area contributed by atoms with Crippen molar-refractivity contribution in [3.63, 3.8) is 0 Å². The predicted molar refractivity (Wildman–Crippen MR) is 85.4 cm³/mol. The van der Waals surface area contributed by atoms with Crippen molar-refractivity contribution in [2.24, 2.45) is 17.6 Å². The van der Waals surface area contributed by atoms with Crippen LogP contribution in [0.25, 0.3) is 0 Å². The first-order chi connectivity index (χ1) is 9.58. The van der Waals surface area contributed by atoms with Crippen LogP contribution in [0.5, 0.6) is 0 Å². The minimum Gasteiger partial charge on any atom is -0.393 e. The molecule has 3 nitrogen and oxygen atoms in total. The second-order valence-corrected chi connectivity index (χ2v) is 6.15. The SMILES string of the molecule is CC1CCCN(C(=O)C(Cc2ccccc2)C(N)=S)C1. The highest BCUT2D eigenvalue weighted by Gasteiger charge is 2.29. The van der Waals surface area contributed by atoms with E-state index in [2.05, 4.69) is 6.92 Å². The van der Waals surface area contributed by atoms with Gasteiger partial charge in [-0.2, -0.15) is 0 Å². The second-order valence-electron chi connectivity index (χ2n) is 5.68. The molecule has 4 heteroatoms. The Bertz CT molecular complexity index is 475. The first-order valence-corrected chi connectivity index (χ1v) is 7.60. The number of carbonyl (C=O) groups excluding carboxylic acids is 1. The summed E-state index contributed by atoms with van der Waals surface area (Å²) in [5.74, 6) is 0.280. The molecule has 1 heterocycles. The number of thiocarbonyl (C=S) groups is 1. The first-order valence-electron chi connectivity index (χ1n) is 7.20. The van der Waals surface area contributed by atoms with Crippen LogP contribution in [0.3, 0.4) is 0 Å². The maximum absolute atomic E-state index is 12.6. The normalized spacial score (nSPS) is 20.4. The third-order valence-electron chi connectivity index (χ3n) is 3.89. The molecule has 0 bridgehead atoms. The van der Waals surface area contributed by atoms with E-state index in [1.807, 2.05) is 35.2 Å². The van der Waals surface area contributed by atoms with Crippen molar-refractivity contribution < 1.29 is 4.79 Å². The van der Waals surface area contributed by atoms with E-state index in [4.69, 9.17) is 18.0 Å². The fraction of sp³-hybridized carbons (Fsp3) is 0.500. The fourth-order valence-electron chi connectivity index (χ4n) is 2.77. The lowest BCUT2D eigenvalue weighted by molar-refractivity contribution is -0.135. The number of piperidine rings is 1. The van der Waals surface area contributed by atoms with E-state index in [9.17, 15) is 4.79 Å². The summed E-state index contributed by atoms with van der Waals surface area (Å²) < 4.78 is 0. The van der Waals surface area contributed by atoms with E-state index >= 15 is 0 Å². The number of hydrogen-bond acceptors (Lipinski definition) is 2. The molecule has 0 spiro atoms. The molecule has 1 saturated heterocycles. The molecule has 108 valence electrons. The maximum atomic E-state index is 12.6. The average Bonchev–Trinajstić information content (AvgIpc) is 2.45. The number of nitrogens with zero attached hydrogens (tertiary/aromatic N) is 1. The van der Waals surface area contributed by atoms with Gasteiger partial charge in [0, 0.05) is 13.1 Å². The predicted octanol–water partition coefficient (Wildman–Crippen LogP) is 2.39. The van der Waals surface area contributed by atoms with Gasteiger partial charge in [0.05, 0.1) is 10.9 Å². The van der Waals surface area contributed by atoms with Gasteiger partial charge in [0.25, 0.3) is 0 Å². The lowest BCUT2D eigenvalue weighted by Crippen LogP contribution is -2.46. The van der Waals surface area contributed by atoms with Crippen molar-refractivity contribution >= 4 is 23.1 Å². The molecule has 0 aliphatic carbocycles. The van der Waals surface area contributed by atoms with Crippen molar-refractivity contribution in [3.05, 3.63) is 35.9 Å². The highest BCUT2D eigenvalue weighted by atomic mass is 32.1. The molecule has 1 aromatic rings. The van der Waals surface area contributed by atoms with Crippen molar-refractivity contribution in [1.29, 1.82) is 0 Å². The van der Waals surface area contributed by atoms with Crippen LogP contribution < -0.4 is 5.73 Å². The third kappa shape index (κ3) is 3.79. The minimum atomic E-state index is -0.377. The summed E-state index contributed by atoms with van der Waals surface area (Å²) in [7, 11) is 0. The molecule has 20 heavy (non-hydrogen) atoms. The molecule has 1 aliphatic rings. The quantitative estimate of drug-likeness (QED) is 0.866. The number of likely N-dealkylation sites (tertiary alicyclic amines) is 1. The van der Waals surface area contributed by atoms with Gasteiger partial charge in [-0.3, -0.25) is 4.79 Å². The lowest BCUT2D eigenvalue weighted by atomic mass is 9.94. The molecule has 0 aromatic heterocycles. The second kappa shape index (κ2) is 6.84. The summed E-state index contributed by atoms with van der Waals surface area (Å²) >= 11 is 5.12. The van der Waals surface area contributed by atoms with E-state index < -0.39 is 0 Å². The van der Waals surface area contributed by atoms with Gasteiger partial charge in [-0.05, 0) is 30.7 Å². The molecule has 2 unspecified atom stereocenters. The van der Waals surface area contributed by atoms with Crippen LogP contribution in [0.4, 0.5) is 0 Å². The summed E-state index contributed by atoms with van der Waals surface area (Å²) in [5, 5.41) is 0. The van der Waals surface area contributed by atoms with Gasteiger partial charge in [0.15, 0.2) is 0 Å². The van der Waals surface area contributed by atoms with Crippen molar-refractivity contribution in [1.82, 2.24) is 4.90 Å². The Morgan fingerprint density at radius 2 is 2.15 bits per heavy atom. The molecule has 2 N–H and O–H groups in total. The zero-order chi connectivity index (χ0) is 14.5. The Kier molecular flexibility index (Phi) is 5.12. The number of carbonyl (C=O) groups is 1. The number of nitrogens with two attached hydrogens (primary N) is 1. The Hall–Kier alpha value is -1.42. The van der Waals surface area contributed by atoms with Gasteiger partial charge in [0.2, 0.25) is 5.91 Å². The highest BCUT2D eigenvalue weighted by molar-refractivity contribution is 7.80. The maximum Gasteiger partial charge on any atom is 0.232 e. The van der Waals surface area contributed by atoms with Gasteiger partial charge < -0.3 is 10.6 Å². The number of benzene rings is 1. The van der Waals surface area contributed by atoms with E-state index in [0.29, 0.717) is 17.3 Å². The van der Waals surface area contributed by atoms with Gasteiger partial charge in [-0.15, -0.1) is 0 Å². The standard InChI is InChI=1S/C16H22N2OS/c1-12-6-5-9-18(11-12)16(19)14(15(17)20)10-13-7-3-2-4-8-13/h2-4,7-8,12,14H,5-6,9-11H2,1H3,(H2,17,20). The molecule has 1 amide bonds. The zero-order valence-electron chi connectivity index (χ0n) is 11.9. The van der Waals surface area contributed by atoms with Crippen molar-refractivity contribution in [2.45, 2.75) is 26.2 Å². The van der Waals surface area contributed by atoms with Gasteiger partial charge in [-0.1, -0.05) is 49.5 Å². The Morgan fingerprint density at radius 3 is 2.75 bits per heavy atom. The summed E-state index contributed by atoms with van der Waals surface area (Å²) in [5.41, 5.74) is 6.91. The topological polar surface area (TPSA) is 46.3 Å². The zero-order valence-corrected chi connectivity index (χ0v) is 12.7. The van der Waals surface area contributed by atoms with Crippen LogP contribution in [0.15, 0.2) is 30.3 Å². The van der Waals surface area contributed by atoms with Crippen molar-refractivity contribution in [2.75, 3.05) is 13.1 Å². The van der Waals surface area contributed by atoms with Gasteiger partial charge in [-0.25, -0.2) is 0 Å². The van der Waals surface area contributed by atoms with Gasteiger partial charge >= 0.3 is 0 Å². The molecule has 1 aliphatic heterocycles. The largest absolute Gasteiger partial charge is 0.393 e. The van der Waals surface area contributed by atoms with Crippen LogP contribution in [0, 0.1) is 11.8 Å².